The van der Waals surface area contributed by atoms with Gasteiger partial charge < -0.3 is 12.9 Å². The third kappa shape index (κ3) is 8340. The summed E-state index contributed by atoms with van der Waals surface area (Å²) < 4.78 is 8.19. The van der Waals surface area contributed by atoms with Crippen molar-refractivity contribution in [2.45, 2.75) is 29.7 Å². The normalized spacial score (nSPS) is 2.07. The summed E-state index contributed by atoms with van der Waals surface area (Å²) in [7, 11) is 0. The van der Waals surface area contributed by atoms with Crippen LogP contribution in [0, 0.1) is 7.43 Å². The first-order valence-electron chi connectivity index (χ1n) is 0.956. The van der Waals surface area contributed by atoms with Gasteiger partial charge in [-0.25, -0.2) is 10.5 Å². The van der Waals surface area contributed by atoms with Gasteiger partial charge in [-0.15, -0.1) is 0 Å². The van der Waals surface area contributed by atoms with Crippen LogP contribution in [0.25, 0.3) is 0 Å². The van der Waals surface area contributed by atoms with Crippen LogP contribution < -0.4 is 0 Å². The molecule has 0 aromatic carbocycles. The molecule has 0 aromatic rings. The molecule has 0 aliphatic rings. The minimum atomic E-state index is 0. The molecule has 0 heterocycles. The van der Waals surface area contributed by atoms with Crippen molar-refractivity contribution in [2.24, 2.45) is 0 Å². The average Bonchev–Trinajstić information content (AvgIpc) is 1.75. The Morgan fingerprint density at radius 2 is 0.929 bits per heavy atom. The van der Waals surface area contributed by atoms with Crippen molar-refractivity contribution in [3.05, 3.63) is 7.43 Å². The van der Waals surface area contributed by atoms with E-state index in [9.17, 15) is 0 Å². The number of rotatable bonds is 0. The monoisotopic (exact) mass is 258 g/mol. The fourth-order valence-corrected chi connectivity index (χ4v) is 0. The Hall–Kier alpha value is -0.396. The summed E-state index contributed by atoms with van der Waals surface area (Å²) in [6.07, 6.45) is 0.250. The van der Waals surface area contributed by atoms with Gasteiger partial charge in [0, 0.05) is 0 Å². The summed E-state index contributed by atoms with van der Waals surface area (Å²) in [6.45, 7) is 0. The summed E-state index contributed by atoms with van der Waals surface area (Å²) in [5, 5.41) is 15.5. The molecule has 0 saturated heterocycles. The van der Waals surface area contributed by atoms with E-state index in [-0.39, 0.29) is 48.8 Å². The summed E-state index contributed by atoms with van der Waals surface area (Å²) in [5.74, 6) is 0. The van der Waals surface area contributed by atoms with Crippen LogP contribution in [-0.2, 0) is 35.7 Å². The molecule has 0 aromatic heterocycles. The topological polar surface area (TPSA) is 132 Å². The van der Waals surface area contributed by atoms with E-state index in [0.29, 0.717) is 0 Å². The first-order chi connectivity index (χ1) is 3.83. The molecule has 0 aliphatic heterocycles. The predicted molar refractivity (Wildman–Crippen MR) is 49.0 cm³/mol. The van der Waals surface area contributed by atoms with E-state index >= 15 is 0 Å². The van der Waals surface area contributed by atoms with E-state index in [1.165, 1.54) is 0 Å². The van der Waals surface area contributed by atoms with Gasteiger partial charge in [-0.2, -0.15) is 9.59 Å². The zero-order valence-corrected chi connectivity index (χ0v) is 6.37. The van der Waals surface area contributed by atoms with Crippen LogP contribution in [0.15, 0.2) is 0 Å². The third-order valence-electron chi connectivity index (χ3n) is 0. The Morgan fingerprint density at radius 3 is 0.929 bits per heavy atom. The van der Waals surface area contributed by atoms with E-state index in [0.717, 1.165) is 17.4 Å². The van der Waals surface area contributed by atoms with E-state index in [1.54, 1.807) is 0 Å². The van der Waals surface area contributed by atoms with Gasteiger partial charge in [-0.05, 0) is 0 Å². The molecule has 4 N–H and O–H groups in total. The van der Waals surface area contributed by atoms with Crippen LogP contribution in [-0.4, -0.2) is 22.1 Å². The van der Waals surface area contributed by atoms with Crippen molar-refractivity contribution >= 4 is 6.15 Å². The van der Waals surface area contributed by atoms with E-state index in [2.05, 4.69) is 5.04 Å². The molecule has 95 valence electrons. The van der Waals surface area contributed by atoms with Crippen LogP contribution in [0.3, 0.4) is 0 Å². The van der Waals surface area contributed by atoms with Crippen LogP contribution in [0.5, 0.6) is 0 Å². The molecule has 14 heavy (non-hydrogen) atoms. The van der Waals surface area contributed by atoms with Crippen LogP contribution in [0.4, 0.5) is 0 Å². The molecule has 0 radical (unpaired) electrons. The van der Waals surface area contributed by atoms with Gasteiger partial charge in [0.25, 0.3) is 0 Å². The molecular weight excluding hydrogens is 235 g/mol. The van der Waals surface area contributed by atoms with Crippen molar-refractivity contribution in [1.29, 1.82) is 0 Å². The van der Waals surface area contributed by atoms with E-state index < -0.39 is 0 Å². The zero-order valence-electron chi connectivity index (χ0n) is 4.97. The van der Waals surface area contributed by atoms with Crippen LogP contribution >= 0.6 is 0 Å². The van der Waals surface area contributed by atoms with Crippen LogP contribution in [0.2, 0.25) is 0 Å². The van der Waals surface area contributed by atoms with Crippen molar-refractivity contribution in [3.8, 4) is 0 Å². The van der Waals surface area contributed by atoms with Crippen molar-refractivity contribution in [2.75, 3.05) is 0 Å². The Balaban J connectivity index is -0.00000000319. The molecule has 0 saturated carbocycles. The molecule has 8 heteroatoms. The van der Waals surface area contributed by atoms with Gasteiger partial charge in [-0.3, -0.25) is 0 Å². The van der Waals surface area contributed by atoms with Gasteiger partial charge in [-0.1, -0.05) is 34.7 Å². The van der Waals surface area contributed by atoms with E-state index in [1.807, 2.05) is 0 Å². The average molecular weight is 258 g/mol. The fraction of sp³-hybridized carbons (Fsp3) is 0.667. The summed E-state index contributed by atoms with van der Waals surface area (Å²) in [5.41, 5.74) is 0. The maximum absolute atomic E-state index is 8.19. The number of carbonyl (C=O) groups excluding carboxylic acids is 2. The molecule has 0 unspecified atom stereocenters. The first kappa shape index (κ1) is 102. The summed E-state index contributed by atoms with van der Waals surface area (Å²) >= 11 is 1.06. The van der Waals surface area contributed by atoms with Crippen molar-refractivity contribution in [3.63, 3.8) is 0 Å². The number of hydrogen-bond acceptors (Lipinski definition) is 6. The Kier molecular flexibility index (Phi) is 4800. The SMILES string of the molecule is C.C.C.C.O.O=C=O.OOO.[CH3-].[O]=[V]. The number of hydrogen-bond donors (Lipinski definition) is 2. The van der Waals surface area contributed by atoms with Gasteiger partial charge in [0.1, 0.15) is 0 Å². The molecule has 0 bridgehead atoms. The standard InChI is InChI=1S/CO2.4CH4.CH3.H2O3.H2O.O.V/c2-1-3;;;;;;1-3-2;;;/h;4*1H4;1H3;1-2H;1H2;;/q;;;;;-1;;;;. The predicted octanol–water partition coefficient (Wildman–Crippen LogP) is 1.41. The quantitative estimate of drug-likeness (QED) is 0.383. The zero-order chi connectivity index (χ0) is 7.41. The molecule has 0 aliphatic carbocycles. The molecule has 7 nitrogen and oxygen atoms in total. The van der Waals surface area contributed by atoms with Crippen molar-refractivity contribution < 1.29 is 51.7 Å². The molecule has 0 spiro atoms. The maximum atomic E-state index is 8.19. The van der Waals surface area contributed by atoms with Crippen molar-refractivity contribution in [1.82, 2.24) is 0 Å². The minimum absolute atomic E-state index is 0. The van der Waals surface area contributed by atoms with Gasteiger partial charge in [0.05, 0.1) is 0 Å². The first-order valence-corrected chi connectivity index (χ1v) is 1.53. The van der Waals surface area contributed by atoms with E-state index in [4.69, 9.17) is 23.8 Å². The van der Waals surface area contributed by atoms with Gasteiger partial charge in [0.2, 0.25) is 0 Å². The molecule has 0 amide bonds. The summed E-state index contributed by atoms with van der Waals surface area (Å²) in [4.78, 5) is 16.2. The Labute approximate surface area is 95.5 Å². The van der Waals surface area contributed by atoms with Gasteiger partial charge >= 0.3 is 27.2 Å². The Morgan fingerprint density at radius 1 is 0.929 bits per heavy atom. The second-order valence-electron chi connectivity index (χ2n) is 0.165. The second-order valence-corrected chi connectivity index (χ2v) is 0.165. The molecular formula is C6H23O7V-. The molecule has 0 fully saturated rings. The fourth-order valence-electron chi connectivity index (χ4n) is 0. The molecule has 0 atom stereocenters. The second kappa shape index (κ2) is 659. The Bertz CT molecular complexity index is 56.1. The van der Waals surface area contributed by atoms with Gasteiger partial charge in [0.15, 0.2) is 0 Å². The molecule has 0 rings (SSSR count). The van der Waals surface area contributed by atoms with Crippen LogP contribution in [0.1, 0.15) is 29.7 Å². The third-order valence-corrected chi connectivity index (χ3v) is 0. The summed E-state index contributed by atoms with van der Waals surface area (Å²) in [6, 6.07) is 0.